The van der Waals surface area contributed by atoms with Crippen LogP contribution in [-0.2, 0) is 6.42 Å². The van der Waals surface area contributed by atoms with Gasteiger partial charge in [0.2, 0.25) is 0 Å². The third-order valence-electron chi connectivity index (χ3n) is 6.30. The normalized spacial score (nSPS) is 26.8. The summed E-state index contributed by atoms with van der Waals surface area (Å²) in [5, 5.41) is 14.6. The number of amides is 1. The maximum atomic E-state index is 13.4. The molecule has 3 aromatic rings. The fourth-order valence-corrected chi connectivity index (χ4v) is 5.12. The molecule has 0 unspecified atom stereocenters. The number of aliphatic hydroxyl groups is 1. The highest BCUT2D eigenvalue weighted by molar-refractivity contribution is 5.94. The molecule has 27 heavy (non-hydrogen) atoms. The smallest absolute Gasteiger partial charge is 0.274 e. The number of hydrogen-bond donors (Lipinski definition) is 1. The highest BCUT2D eigenvalue weighted by Crippen LogP contribution is 2.51. The van der Waals surface area contributed by atoms with E-state index in [4.69, 9.17) is 0 Å². The van der Waals surface area contributed by atoms with Gasteiger partial charge in [-0.2, -0.15) is 5.10 Å². The van der Waals surface area contributed by atoms with Crippen molar-refractivity contribution in [2.24, 2.45) is 5.41 Å². The van der Waals surface area contributed by atoms with Crippen LogP contribution in [0, 0.1) is 5.41 Å². The van der Waals surface area contributed by atoms with Gasteiger partial charge in [-0.15, -0.1) is 0 Å². The average Bonchev–Trinajstić information content (AvgIpc) is 3.40. The summed E-state index contributed by atoms with van der Waals surface area (Å²) in [6.45, 7) is 0.0955. The molecule has 6 nitrogen and oxygen atoms in total. The SMILES string of the molecule is O=C(c1cnc2cccnn12)N1[C@H]2CC[C@@H]1[C@@](CO)(Cc1ccccc1)C2. The molecular weight excluding hydrogens is 340 g/mol. The number of hydrogen-bond acceptors (Lipinski definition) is 4. The number of carbonyl (C=O) groups is 1. The summed E-state index contributed by atoms with van der Waals surface area (Å²) in [6.07, 6.45) is 6.85. The Morgan fingerprint density at radius 1 is 1.19 bits per heavy atom. The fraction of sp³-hybridized carbons (Fsp3) is 0.381. The fourth-order valence-electron chi connectivity index (χ4n) is 5.12. The van der Waals surface area contributed by atoms with Gasteiger partial charge in [-0.25, -0.2) is 9.50 Å². The van der Waals surface area contributed by atoms with Gasteiger partial charge in [0.15, 0.2) is 11.3 Å². The minimum Gasteiger partial charge on any atom is -0.396 e. The topological polar surface area (TPSA) is 70.7 Å². The van der Waals surface area contributed by atoms with E-state index in [0.29, 0.717) is 11.3 Å². The van der Waals surface area contributed by atoms with Gasteiger partial charge in [0.05, 0.1) is 12.8 Å². The maximum Gasteiger partial charge on any atom is 0.274 e. The van der Waals surface area contributed by atoms with Crippen LogP contribution in [0.1, 0.15) is 35.3 Å². The Balaban J connectivity index is 1.48. The van der Waals surface area contributed by atoms with Gasteiger partial charge in [0.25, 0.3) is 5.91 Å². The summed E-state index contributed by atoms with van der Waals surface area (Å²) in [7, 11) is 0. The lowest BCUT2D eigenvalue weighted by molar-refractivity contribution is 0.0565. The summed E-state index contributed by atoms with van der Waals surface area (Å²) in [5.74, 6) is -0.0305. The second-order valence-corrected chi connectivity index (χ2v) is 7.78. The van der Waals surface area contributed by atoms with E-state index in [2.05, 4.69) is 22.2 Å². The molecule has 2 aliphatic heterocycles. The summed E-state index contributed by atoms with van der Waals surface area (Å²) >= 11 is 0. The summed E-state index contributed by atoms with van der Waals surface area (Å²) in [5.41, 5.74) is 2.11. The highest BCUT2D eigenvalue weighted by atomic mass is 16.3. The minimum atomic E-state index is -0.270. The van der Waals surface area contributed by atoms with E-state index in [-0.39, 0.29) is 30.0 Å². The van der Waals surface area contributed by atoms with Crippen molar-refractivity contribution in [3.05, 3.63) is 66.1 Å². The molecule has 0 spiro atoms. The lowest BCUT2D eigenvalue weighted by atomic mass is 9.70. The molecule has 0 radical (unpaired) electrons. The number of aromatic nitrogens is 3. The van der Waals surface area contributed by atoms with E-state index in [1.165, 1.54) is 5.56 Å². The first-order chi connectivity index (χ1) is 13.2. The number of imidazole rings is 1. The van der Waals surface area contributed by atoms with Crippen LogP contribution >= 0.6 is 0 Å². The molecular formula is C21H22N4O2. The van der Waals surface area contributed by atoms with Crippen molar-refractivity contribution in [2.45, 2.75) is 37.8 Å². The van der Waals surface area contributed by atoms with E-state index in [9.17, 15) is 9.90 Å². The van der Waals surface area contributed by atoms with Crippen LogP contribution in [0.2, 0.25) is 0 Å². The Bertz CT molecular complexity index is 986. The number of nitrogens with zero attached hydrogens (tertiary/aromatic N) is 4. The van der Waals surface area contributed by atoms with Gasteiger partial charge in [-0.05, 0) is 43.4 Å². The van der Waals surface area contributed by atoms with Gasteiger partial charge in [0, 0.05) is 23.7 Å². The molecule has 5 rings (SSSR count). The van der Waals surface area contributed by atoms with Crippen molar-refractivity contribution < 1.29 is 9.90 Å². The van der Waals surface area contributed by atoms with Crippen LogP contribution < -0.4 is 0 Å². The Morgan fingerprint density at radius 2 is 2.04 bits per heavy atom. The summed E-state index contributed by atoms with van der Waals surface area (Å²) in [4.78, 5) is 19.7. The van der Waals surface area contributed by atoms with E-state index in [1.54, 1.807) is 16.9 Å². The van der Waals surface area contributed by atoms with Crippen molar-refractivity contribution in [3.8, 4) is 0 Å². The molecule has 1 aromatic carbocycles. The molecule has 0 aliphatic carbocycles. The van der Waals surface area contributed by atoms with Crippen LogP contribution in [0.15, 0.2) is 54.9 Å². The van der Waals surface area contributed by atoms with Gasteiger partial charge >= 0.3 is 0 Å². The van der Waals surface area contributed by atoms with Gasteiger partial charge in [0.1, 0.15) is 0 Å². The first kappa shape index (κ1) is 16.4. The minimum absolute atomic E-state index is 0.0305. The van der Waals surface area contributed by atoms with E-state index in [1.807, 2.05) is 35.2 Å². The van der Waals surface area contributed by atoms with E-state index in [0.717, 1.165) is 25.7 Å². The van der Waals surface area contributed by atoms with Crippen molar-refractivity contribution in [2.75, 3.05) is 6.61 Å². The predicted octanol–water partition coefficient (Wildman–Crippen LogP) is 2.33. The molecule has 1 N–H and O–H groups in total. The first-order valence-corrected chi connectivity index (χ1v) is 9.48. The summed E-state index contributed by atoms with van der Waals surface area (Å²) < 4.78 is 1.61. The molecule has 2 aromatic heterocycles. The Kier molecular flexibility index (Phi) is 3.75. The number of rotatable bonds is 4. The lowest BCUT2D eigenvalue weighted by Crippen LogP contribution is -2.44. The van der Waals surface area contributed by atoms with Gasteiger partial charge < -0.3 is 10.0 Å². The van der Waals surface area contributed by atoms with Crippen molar-refractivity contribution in [3.63, 3.8) is 0 Å². The number of fused-ring (bicyclic) bond motifs is 3. The van der Waals surface area contributed by atoms with Crippen LogP contribution in [0.3, 0.4) is 0 Å². The van der Waals surface area contributed by atoms with Crippen LogP contribution in [0.25, 0.3) is 5.65 Å². The monoisotopic (exact) mass is 362 g/mol. The number of aliphatic hydroxyl groups excluding tert-OH is 1. The Hall–Kier alpha value is -2.73. The highest BCUT2D eigenvalue weighted by Gasteiger charge is 2.57. The van der Waals surface area contributed by atoms with E-state index < -0.39 is 0 Å². The Labute approximate surface area is 157 Å². The van der Waals surface area contributed by atoms with Crippen molar-refractivity contribution in [1.82, 2.24) is 19.5 Å². The molecule has 2 fully saturated rings. The zero-order valence-electron chi connectivity index (χ0n) is 15.0. The standard InChI is InChI=1S/C21H22N4O2/c26-14-21(11-15-5-2-1-3-6-15)12-16-8-9-18(21)24(16)20(27)17-13-22-19-7-4-10-23-25(17)19/h1-7,10,13,16,18,26H,8-9,11-12,14H2/t16-,18+,21-/m0/s1. The van der Waals surface area contributed by atoms with Crippen molar-refractivity contribution >= 4 is 11.6 Å². The van der Waals surface area contributed by atoms with Crippen LogP contribution in [0.5, 0.6) is 0 Å². The third-order valence-corrected chi connectivity index (χ3v) is 6.30. The lowest BCUT2D eigenvalue weighted by Gasteiger charge is -2.36. The molecule has 0 saturated carbocycles. The average molecular weight is 362 g/mol. The second kappa shape index (κ2) is 6.16. The number of carbonyl (C=O) groups excluding carboxylic acids is 1. The zero-order valence-corrected chi connectivity index (χ0v) is 15.0. The largest absolute Gasteiger partial charge is 0.396 e. The van der Waals surface area contributed by atoms with E-state index >= 15 is 0 Å². The quantitative estimate of drug-likeness (QED) is 0.773. The first-order valence-electron chi connectivity index (χ1n) is 9.48. The van der Waals surface area contributed by atoms with Gasteiger partial charge in [-0.1, -0.05) is 30.3 Å². The van der Waals surface area contributed by atoms with Crippen LogP contribution in [-0.4, -0.2) is 49.2 Å². The zero-order chi connectivity index (χ0) is 18.4. The van der Waals surface area contributed by atoms with Crippen LogP contribution in [0.4, 0.5) is 0 Å². The molecule has 2 saturated heterocycles. The molecule has 3 atom stereocenters. The summed E-state index contributed by atoms with van der Waals surface area (Å²) in [6, 6.07) is 14.1. The molecule has 2 bridgehead atoms. The molecule has 1 amide bonds. The number of benzene rings is 1. The van der Waals surface area contributed by atoms with Gasteiger partial charge in [-0.3, -0.25) is 4.79 Å². The molecule has 138 valence electrons. The second-order valence-electron chi connectivity index (χ2n) is 7.78. The van der Waals surface area contributed by atoms with Crippen molar-refractivity contribution in [1.29, 1.82) is 0 Å². The molecule has 6 heteroatoms. The third kappa shape index (κ3) is 2.47. The Morgan fingerprint density at radius 3 is 2.85 bits per heavy atom. The maximum absolute atomic E-state index is 13.4. The molecule has 4 heterocycles. The predicted molar refractivity (Wildman–Crippen MR) is 100 cm³/mol. The molecule has 2 aliphatic rings.